The van der Waals surface area contributed by atoms with E-state index >= 15 is 0 Å². The van der Waals surface area contributed by atoms with Gasteiger partial charge in [-0.3, -0.25) is 10.1 Å². The number of hydrogen-bond acceptors (Lipinski definition) is 7. The van der Waals surface area contributed by atoms with Crippen LogP contribution in [0.15, 0.2) is 39.5 Å². The zero-order chi connectivity index (χ0) is 14.6. The van der Waals surface area contributed by atoms with E-state index in [1.165, 1.54) is 5.56 Å². The van der Waals surface area contributed by atoms with E-state index in [9.17, 15) is 0 Å². The van der Waals surface area contributed by atoms with Crippen molar-refractivity contribution < 1.29 is 0 Å². The second-order valence-electron chi connectivity index (χ2n) is 3.79. The molecule has 110 valence electrons. The fourth-order valence-electron chi connectivity index (χ4n) is 1.47. The average molecular weight is 312 g/mol. The van der Waals surface area contributed by atoms with Gasteiger partial charge in [0.05, 0.1) is 5.69 Å². The molecule has 20 heavy (non-hydrogen) atoms. The third-order valence-electron chi connectivity index (χ3n) is 2.38. The summed E-state index contributed by atoms with van der Waals surface area (Å²) in [5, 5.41) is 13.2. The number of nitrogens with two attached hydrogens (primary N) is 2. The van der Waals surface area contributed by atoms with E-state index in [4.69, 9.17) is 10.9 Å². The van der Waals surface area contributed by atoms with E-state index in [0.717, 1.165) is 41.6 Å². The number of azo groups is 1. The molecule has 0 aliphatic heterocycles. The minimum Gasteiger partial charge on any atom is -0.311 e. The molecule has 0 spiro atoms. The van der Waals surface area contributed by atoms with Crippen LogP contribution in [0, 0.1) is 0 Å². The summed E-state index contributed by atoms with van der Waals surface area (Å²) in [6, 6.07) is 8.00. The van der Waals surface area contributed by atoms with Crippen LogP contribution >= 0.6 is 23.9 Å². The number of rotatable bonds is 8. The van der Waals surface area contributed by atoms with Gasteiger partial charge in [-0.1, -0.05) is 12.1 Å². The summed E-state index contributed by atoms with van der Waals surface area (Å²) in [6.45, 7) is 0.213. The number of nitrogens with zero attached hydrogens (tertiary/aromatic N) is 3. The molecule has 0 bridgehead atoms. The standard InChI is InChI=1S/C12H20N6S2/c1-15-12(18-20-14)5-6-19-8-10-3-2-4-11(7-10)17-16-9-13/h2-4,7H,5-6,8-9,13-14H2,1H3,(H,15,18). The summed E-state index contributed by atoms with van der Waals surface area (Å²) in [6.07, 6.45) is 0.873. The Labute approximate surface area is 128 Å². The van der Waals surface area contributed by atoms with Crippen molar-refractivity contribution >= 4 is 35.4 Å². The van der Waals surface area contributed by atoms with Gasteiger partial charge in [-0.15, -0.1) is 0 Å². The van der Waals surface area contributed by atoms with E-state index in [-0.39, 0.29) is 6.67 Å². The van der Waals surface area contributed by atoms with Crippen LogP contribution in [0.2, 0.25) is 0 Å². The van der Waals surface area contributed by atoms with Crippen LogP contribution in [0.4, 0.5) is 5.69 Å². The van der Waals surface area contributed by atoms with Gasteiger partial charge in [-0.2, -0.15) is 22.0 Å². The first-order valence-corrected chi connectivity index (χ1v) is 8.15. The van der Waals surface area contributed by atoms with Crippen molar-refractivity contribution in [2.75, 3.05) is 19.5 Å². The summed E-state index contributed by atoms with van der Waals surface area (Å²) >= 11 is 2.92. The molecule has 0 aromatic heterocycles. The molecule has 0 fully saturated rings. The topological polar surface area (TPSA) is 101 Å². The summed E-state index contributed by atoms with van der Waals surface area (Å²) in [5.74, 6) is 2.82. The molecule has 5 N–H and O–H groups in total. The fraction of sp³-hybridized carbons (Fsp3) is 0.417. The normalized spacial score (nSPS) is 12.1. The van der Waals surface area contributed by atoms with Crippen molar-refractivity contribution in [3.63, 3.8) is 0 Å². The number of nitrogens with one attached hydrogen (secondary N) is 1. The molecule has 1 aromatic rings. The van der Waals surface area contributed by atoms with E-state index in [1.54, 1.807) is 7.05 Å². The SMILES string of the molecule is CN=C(CCSCc1cccc(N=NCN)c1)NSN. The molecule has 0 heterocycles. The quantitative estimate of drug-likeness (QED) is 0.225. The van der Waals surface area contributed by atoms with Crippen LogP contribution in [0.3, 0.4) is 0 Å². The van der Waals surface area contributed by atoms with Gasteiger partial charge in [-0.25, -0.2) is 0 Å². The molecule has 0 aliphatic carbocycles. The largest absolute Gasteiger partial charge is 0.311 e. The summed E-state index contributed by atoms with van der Waals surface area (Å²) in [5.41, 5.74) is 7.35. The van der Waals surface area contributed by atoms with Crippen molar-refractivity contribution in [3.05, 3.63) is 29.8 Å². The molecule has 1 aromatic carbocycles. The van der Waals surface area contributed by atoms with Crippen LogP contribution in [0.25, 0.3) is 0 Å². The zero-order valence-electron chi connectivity index (χ0n) is 11.5. The lowest BCUT2D eigenvalue weighted by atomic mass is 10.2. The van der Waals surface area contributed by atoms with Crippen molar-refractivity contribution in [2.45, 2.75) is 12.2 Å². The Hall–Kier alpha value is -1.09. The van der Waals surface area contributed by atoms with Crippen LogP contribution in [-0.4, -0.2) is 25.3 Å². The van der Waals surface area contributed by atoms with E-state index in [2.05, 4.69) is 26.0 Å². The molecular weight excluding hydrogens is 292 g/mol. The van der Waals surface area contributed by atoms with Gasteiger partial charge >= 0.3 is 0 Å². The zero-order valence-corrected chi connectivity index (χ0v) is 13.1. The van der Waals surface area contributed by atoms with Crippen LogP contribution < -0.4 is 15.6 Å². The summed E-state index contributed by atoms with van der Waals surface area (Å²) in [4.78, 5) is 4.12. The van der Waals surface area contributed by atoms with Gasteiger partial charge < -0.3 is 10.5 Å². The second kappa shape index (κ2) is 10.7. The number of hydrogen-bond donors (Lipinski definition) is 3. The van der Waals surface area contributed by atoms with E-state index < -0.39 is 0 Å². The van der Waals surface area contributed by atoms with Crippen molar-refractivity contribution in [3.8, 4) is 0 Å². The van der Waals surface area contributed by atoms with Gasteiger partial charge in [-0.05, 0) is 17.7 Å². The minimum absolute atomic E-state index is 0.213. The monoisotopic (exact) mass is 312 g/mol. The molecule has 0 unspecified atom stereocenters. The highest BCUT2D eigenvalue weighted by Crippen LogP contribution is 2.19. The van der Waals surface area contributed by atoms with Gasteiger partial charge in [0, 0.05) is 37.1 Å². The van der Waals surface area contributed by atoms with Crippen molar-refractivity contribution in [1.82, 2.24) is 4.72 Å². The molecule has 0 aliphatic rings. The molecule has 8 heteroatoms. The third-order valence-corrected chi connectivity index (χ3v) is 3.76. The third kappa shape index (κ3) is 6.90. The first-order valence-electron chi connectivity index (χ1n) is 6.11. The summed E-state index contributed by atoms with van der Waals surface area (Å²) in [7, 11) is 1.76. The molecule has 6 nitrogen and oxygen atoms in total. The Morgan fingerprint density at radius 1 is 1.40 bits per heavy atom. The smallest absolute Gasteiger partial charge is 0.108 e. The summed E-state index contributed by atoms with van der Waals surface area (Å²) < 4.78 is 2.96. The molecular formula is C12H20N6S2. The Bertz CT molecular complexity index is 449. The lowest BCUT2D eigenvalue weighted by molar-refractivity contribution is 0.967. The highest BCUT2D eigenvalue weighted by atomic mass is 32.2. The lowest BCUT2D eigenvalue weighted by Crippen LogP contribution is -2.18. The maximum atomic E-state index is 5.35. The first-order chi connectivity index (χ1) is 9.80. The second-order valence-corrected chi connectivity index (χ2v) is 5.33. The van der Waals surface area contributed by atoms with E-state index in [1.807, 2.05) is 30.0 Å². The molecule has 0 atom stereocenters. The number of thioether (sulfide) groups is 1. The number of benzene rings is 1. The Balaban J connectivity index is 2.36. The van der Waals surface area contributed by atoms with Gasteiger partial charge in [0.15, 0.2) is 0 Å². The lowest BCUT2D eigenvalue weighted by Gasteiger charge is -2.06. The number of aliphatic imine (C=N–C) groups is 1. The van der Waals surface area contributed by atoms with Crippen LogP contribution in [0.5, 0.6) is 0 Å². The minimum atomic E-state index is 0.213. The predicted octanol–water partition coefficient (Wildman–Crippen LogP) is 2.45. The highest BCUT2D eigenvalue weighted by molar-refractivity contribution is 7.98. The number of amidine groups is 1. The van der Waals surface area contributed by atoms with E-state index in [0.29, 0.717) is 0 Å². The maximum Gasteiger partial charge on any atom is 0.108 e. The predicted molar refractivity (Wildman–Crippen MR) is 89.1 cm³/mol. The Morgan fingerprint density at radius 3 is 2.95 bits per heavy atom. The molecule has 0 saturated carbocycles. The maximum absolute atomic E-state index is 5.35. The molecule has 0 radical (unpaired) electrons. The van der Waals surface area contributed by atoms with Crippen molar-refractivity contribution in [1.29, 1.82) is 0 Å². The van der Waals surface area contributed by atoms with Gasteiger partial charge in [0.2, 0.25) is 0 Å². The van der Waals surface area contributed by atoms with Gasteiger partial charge in [0.1, 0.15) is 12.5 Å². The molecule has 0 amide bonds. The molecule has 0 saturated heterocycles. The molecule has 1 rings (SSSR count). The van der Waals surface area contributed by atoms with Crippen LogP contribution in [0.1, 0.15) is 12.0 Å². The van der Waals surface area contributed by atoms with Gasteiger partial charge in [0.25, 0.3) is 0 Å². The fourth-order valence-corrected chi connectivity index (χ4v) is 2.69. The Kier molecular flexibility index (Phi) is 9.05. The highest BCUT2D eigenvalue weighted by Gasteiger charge is 1.99. The van der Waals surface area contributed by atoms with Crippen LogP contribution in [-0.2, 0) is 5.75 Å². The average Bonchev–Trinajstić information content (AvgIpc) is 2.48. The van der Waals surface area contributed by atoms with Crippen molar-refractivity contribution in [2.24, 2.45) is 26.1 Å². The Morgan fingerprint density at radius 2 is 2.25 bits per heavy atom. The first kappa shape index (κ1) is 17.0.